The molecule has 2 heterocycles. The summed E-state index contributed by atoms with van der Waals surface area (Å²) in [5.74, 6) is -3.80. The molecule has 1 N–H and O–H groups in total. The number of methoxy groups -OCH3 is 1. The van der Waals surface area contributed by atoms with E-state index in [4.69, 9.17) is 23.7 Å². The van der Waals surface area contributed by atoms with Crippen molar-refractivity contribution in [3.63, 3.8) is 0 Å². The Bertz CT molecular complexity index is 932. The molecule has 0 amide bonds. The monoisotopic (exact) mass is 464 g/mol. The van der Waals surface area contributed by atoms with Crippen LogP contribution in [0.2, 0.25) is 0 Å². The minimum atomic E-state index is -1.62. The quantitative estimate of drug-likeness (QED) is 0.205. The minimum Gasteiger partial charge on any atom is -0.466 e. The molecule has 0 radical (unpaired) electrons. The van der Waals surface area contributed by atoms with Gasteiger partial charge < -0.3 is 28.8 Å². The molecule has 0 bridgehead atoms. The average molecular weight is 464 g/mol. The summed E-state index contributed by atoms with van der Waals surface area (Å²) in [6, 6.07) is 0. The Morgan fingerprint density at radius 3 is 2.58 bits per heavy atom. The molecule has 0 unspecified atom stereocenters. The summed E-state index contributed by atoms with van der Waals surface area (Å²) >= 11 is 0. The van der Waals surface area contributed by atoms with Gasteiger partial charge in [0.15, 0.2) is 5.60 Å². The fraction of sp³-hybridized carbons (Fsp3) is 0.565. The maximum absolute atomic E-state index is 12.8. The lowest BCUT2D eigenvalue weighted by molar-refractivity contribution is -0.165. The number of allylic oxidation sites excluding steroid dienone is 1. The highest BCUT2D eigenvalue weighted by atomic mass is 16.7. The predicted octanol–water partition coefficient (Wildman–Crippen LogP) is 0.917. The summed E-state index contributed by atoms with van der Waals surface area (Å²) in [5.41, 5.74) is -0.749. The fourth-order valence-electron chi connectivity index (χ4n) is 3.91. The highest BCUT2D eigenvalue weighted by molar-refractivity contribution is 5.92. The van der Waals surface area contributed by atoms with Gasteiger partial charge in [-0.1, -0.05) is 12.7 Å². The summed E-state index contributed by atoms with van der Waals surface area (Å²) in [7, 11) is 1.16. The van der Waals surface area contributed by atoms with Gasteiger partial charge in [0.2, 0.25) is 0 Å². The molecule has 6 atom stereocenters. The number of carbonyl (C=O) groups excluding carboxylic acids is 4. The largest absolute Gasteiger partial charge is 0.466 e. The van der Waals surface area contributed by atoms with Crippen molar-refractivity contribution in [1.29, 1.82) is 0 Å². The number of aliphatic hydroxyl groups is 1. The van der Waals surface area contributed by atoms with Gasteiger partial charge in [0.1, 0.15) is 24.9 Å². The van der Waals surface area contributed by atoms with Crippen molar-refractivity contribution in [2.45, 2.75) is 63.6 Å². The summed E-state index contributed by atoms with van der Waals surface area (Å²) < 4.78 is 26.3. The number of hydrogen-bond donors (Lipinski definition) is 1. The van der Waals surface area contributed by atoms with E-state index >= 15 is 0 Å². The highest BCUT2D eigenvalue weighted by Crippen LogP contribution is 2.41. The first-order valence-corrected chi connectivity index (χ1v) is 10.6. The second-order valence-electron chi connectivity index (χ2n) is 8.40. The van der Waals surface area contributed by atoms with Gasteiger partial charge >= 0.3 is 23.9 Å². The van der Waals surface area contributed by atoms with Crippen LogP contribution >= 0.6 is 0 Å². The van der Waals surface area contributed by atoms with Crippen molar-refractivity contribution in [3.8, 4) is 0 Å². The molecule has 0 aromatic heterocycles. The molecule has 33 heavy (non-hydrogen) atoms. The highest BCUT2D eigenvalue weighted by Gasteiger charge is 2.59. The van der Waals surface area contributed by atoms with E-state index in [1.165, 1.54) is 13.0 Å². The van der Waals surface area contributed by atoms with Gasteiger partial charge in [-0.15, -0.1) is 0 Å². The third-order valence-corrected chi connectivity index (χ3v) is 6.15. The number of rotatable bonds is 5. The molecular weight excluding hydrogens is 436 g/mol. The van der Waals surface area contributed by atoms with E-state index in [9.17, 15) is 24.3 Å². The maximum Gasteiger partial charge on any atom is 0.341 e. The summed E-state index contributed by atoms with van der Waals surface area (Å²) in [6.07, 6.45) is -0.686. The van der Waals surface area contributed by atoms with Crippen molar-refractivity contribution in [2.75, 3.05) is 13.7 Å². The van der Waals surface area contributed by atoms with E-state index in [1.54, 1.807) is 19.9 Å². The molecule has 1 aliphatic carbocycles. The molecule has 0 aromatic rings. The summed E-state index contributed by atoms with van der Waals surface area (Å²) in [4.78, 5) is 49.0. The minimum absolute atomic E-state index is 0.0281. The first kappa shape index (κ1) is 24.7. The molecule has 180 valence electrons. The second kappa shape index (κ2) is 9.48. The number of esters is 4. The van der Waals surface area contributed by atoms with Crippen molar-refractivity contribution in [2.24, 2.45) is 5.92 Å². The van der Waals surface area contributed by atoms with Crippen LogP contribution in [0.4, 0.5) is 0 Å². The smallest absolute Gasteiger partial charge is 0.341 e. The zero-order chi connectivity index (χ0) is 24.5. The van der Waals surface area contributed by atoms with Crippen molar-refractivity contribution in [3.05, 3.63) is 35.5 Å². The first-order chi connectivity index (χ1) is 15.5. The van der Waals surface area contributed by atoms with Crippen LogP contribution < -0.4 is 0 Å². The Labute approximate surface area is 191 Å². The van der Waals surface area contributed by atoms with Gasteiger partial charge in [0.25, 0.3) is 0 Å². The Morgan fingerprint density at radius 2 is 2.00 bits per heavy atom. The van der Waals surface area contributed by atoms with Gasteiger partial charge in [-0.25, -0.2) is 14.4 Å². The zero-order valence-corrected chi connectivity index (χ0v) is 19.0. The number of ether oxygens (including phenoxy) is 5. The Hall–Kier alpha value is -2.98. The van der Waals surface area contributed by atoms with Crippen LogP contribution in [0.3, 0.4) is 0 Å². The maximum atomic E-state index is 12.8. The Morgan fingerprint density at radius 1 is 1.33 bits per heavy atom. The molecule has 2 saturated heterocycles. The van der Waals surface area contributed by atoms with Crippen LogP contribution in [-0.2, 0) is 42.9 Å². The lowest BCUT2D eigenvalue weighted by Gasteiger charge is -2.31. The number of hydrogen-bond acceptors (Lipinski definition) is 10. The van der Waals surface area contributed by atoms with E-state index in [0.717, 1.165) is 7.11 Å². The normalized spacial score (nSPS) is 36.8. The van der Waals surface area contributed by atoms with Crippen LogP contribution in [0.25, 0.3) is 0 Å². The van der Waals surface area contributed by atoms with Crippen molar-refractivity contribution in [1.82, 2.24) is 0 Å². The molecule has 2 aliphatic heterocycles. The SMILES string of the molecule is C=C1C(=O)O[C@@H]2/C=C(\COC(C)=O)CC/C=C(/C(=O)OC)[C@H](O)[C@@H](OC(=O)[C@@]3(C)O[C@@H]3C)[C@@H]12. The van der Waals surface area contributed by atoms with Crippen LogP contribution in [0.1, 0.15) is 33.6 Å². The fourth-order valence-corrected chi connectivity index (χ4v) is 3.91. The lowest BCUT2D eigenvalue weighted by Crippen LogP contribution is -2.46. The van der Waals surface area contributed by atoms with Gasteiger partial charge in [-0.05, 0) is 38.3 Å². The van der Waals surface area contributed by atoms with Gasteiger partial charge in [-0.2, -0.15) is 0 Å². The zero-order valence-electron chi connectivity index (χ0n) is 19.0. The van der Waals surface area contributed by atoms with Crippen LogP contribution in [-0.4, -0.2) is 72.7 Å². The van der Waals surface area contributed by atoms with Crippen LogP contribution in [0.5, 0.6) is 0 Å². The van der Waals surface area contributed by atoms with E-state index in [2.05, 4.69) is 6.58 Å². The molecule has 10 heteroatoms. The molecule has 10 nitrogen and oxygen atoms in total. The first-order valence-electron chi connectivity index (χ1n) is 10.6. The molecule has 3 rings (SSSR count). The predicted molar refractivity (Wildman–Crippen MR) is 111 cm³/mol. The number of epoxide rings is 1. The van der Waals surface area contributed by atoms with Crippen molar-refractivity contribution >= 4 is 23.9 Å². The van der Waals surface area contributed by atoms with Crippen LogP contribution in [0, 0.1) is 5.92 Å². The molecular formula is C23H28O10. The van der Waals surface area contributed by atoms with E-state index in [0.29, 0.717) is 12.0 Å². The molecule has 0 aromatic carbocycles. The van der Waals surface area contributed by atoms with E-state index in [1.807, 2.05) is 0 Å². The van der Waals surface area contributed by atoms with Crippen molar-refractivity contribution < 1.29 is 48.0 Å². The molecule has 2 fully saturated rings. The van der Waals surface area contributed by atoms with E-state index < -0.39 is 59.8 Å². The summed E-state index contributed by atoms with van der Waals surface area (Å²) in [5, 5.41) is 11.2. The molecule has 3 aliphatic rings. The van der Waals surface area contributed by atoms with Gasteiger partial charge in [0, 0.05) is 12.5 Å². The Kier molecular flexibility index (Phi) is 7.08. The van der Waals surface area contributed by atoms with E-state index in [-0.39, 0.29) is 24.2 Å². The standard InChI is InChI=1S/C23H28O10/c1-11-17-16(31-20(11)26)9-14(10-30-13(3)24)7-6-8-15(21(27)29-5)18(25)19(17)32-22(28)23(4)12(2)33-23/h8-9,12,16-19,25H,1,6-7,10H2,2-5H3/b14-9-,15-8+/t12-,16-,17+,18+,19+,23+/m1/s1. The second-order valence-corrected chi connectivity index (χ2v) is 8.40. The number of aliphatic hydroxyl groups excluding tert-OH is 1. The number of carbonyl (C=O) groups is 4. The third-order valence-electron chi connectivity index (χ3n) is 6.15. The molecule has 0 spiro atoms. The average Bonchev–Trinajstić information content (AvgIpc) is 3.29. The Balaban J connectivity index is 2.04. The van der Waals surface area contributed by atoms with Crippen LogP contribution in [0.15, 0.2) is 35.5 Å². The number of fused-ring (bicyclic) bond motifs is 1. The molecule has 0 saturated carbocycles. The lowest BCUT2D eigenvalue weighted by atomic mass is 9.83. The topological polar surface area (TPSA) is 138 Å². The van der Waals surface area contributed by atoms with Gasteiger partial charge in [0.05, 0.1) is 24.7 Å². The third kappa shape index (κ3) is 5.01. The summed E-state index contributed by atoms with van der Waals surface area (Å²) in [6.45, 7) is 8.21. The van der Waals surface area contributed by atoms with Gasteiger partial charge in [-0.3, -0.25) is 4.79 Å².